The summed E-state index contributed by atoms with van der Waals surface area (Å²) in [6.07, 6.45) is 6.29. The number of hydrogen-bond acceptors (Lipinski definition) is 3. The van der Waals surface area contributed by atoms with Gasteiger partial charge in [0.25, 0.3) is 0 Å². The molecule has 0 aliphatic carbocycles. The predicted molar refractivity (Wildman–Crippen MR) is 101 cm³/mol. The molecule has 0 saturated carbocycles. The van der Waals surface area contributed by atoms with Crippen molar-refractivity contribution in [2.45, 2.75) is 32.6 Å². The average molecular weight is 354 g/mol. The topological polar surface area (TPSA) is 59.4 Å². The monoisotopic (exact) mass is 354 g/mol. The summed E-state index contributed by atoms with van der Waals surface area (Å²) in [5, 5.41) is 7.57. The molecule has 0 atom stereocenters. The highest BCUT2D eigenvalue weighted by molar-refractivity contribution is 5.91. The minimum absolute atomic E-state index is 0.0214. The smallest absolute Gasteiger partial charge is 0.321 e. The minimum atomic E-state index is -0.0214. The van der Waals surface area contributed by atoms with Gasteiger partial charge in [0.2, 0.25) is 0 Å². The third-order valence-electron chi connectivity index (χ3n) is 5.62. The Bertz CT molecular complexity index is 774. The van der Waals surface area contributed by atoms with Gasteiger partial charge in [-0.2, -0.15) is 5.10 Å². The zero-order chi connectivity index (χ0) is 18.0. The SMILES string of the molecule is Cc1ccn(-c2ccccc2NC(=O)N2CCCC3(CCOCC3)C2)n1. The van der Waals surface area contributed by atoms with Crippen molar-refractivity contribution in [3.05, 3.63) is 42.2 Å². The van der Waals surface area contributed by atoms with Crippen molar-refractivity contribution in [1.82, 2.24) is 14.7 Å². The number of piperidine rings is 1. The number of ether oxygens (including phenoxy) is 1. The summed E-state index contributed by atoms with van der Waals surface area (Å²) in [6.45, 7) is 5.23. The number of hydrogen-bond donors (Lipinski definition) is 1. The van der Waals surface area contributed by atoms with E-state index in [1.807, 2.05) is 48.4 Å². The number of benzene rings is 1. The molecule has 1 aromatic carbocycles. The van der Waals surface area contributed by atoms with Crippen LogP contribution in [0.25, 0.3) is 5.69 Å². The lowest BCUT2D eigenvalue weighted by molar-refractivity contribution is -0.0175. The van der Waals surface area contributed by atoms with Gasteiger partial charge in [-0.1, -0.05) is 12.1 Å². The molecule has 1 spiro atoms. The minimum Gasteiger partial charge on any atom is -0.381 e. The first-order chi connectivity index (χ1) is 12.7. The van der Waals surface area contributed by atoms with Crippen molar-refractivity contribution in [1.29, 1.82) is 0 Å². The van der Waals surface area contributed by atoms with Gasteiger partial charge in [0, 0.05) is 32.5 Å². The zero-order valence-electron chi connectivity index (χ0n) is 15.3. The summed E-state index contributed by atoms with van der Waals surface area (Å²) in [6, 6.07) is 9.73. The molecule has 0 unspecified atom stereocenters. The second-order valence-corrected chi connectivity index (χ2v) is 7.49. The maximum absolute atomic E-state index is 12.9. The van der Waals surface area contributed by atoms with E-state index < -0.39 is 0 Å². The zero-order valence-corrected chi connectivity index (χ0v) is 15.3. The van der Waals surface area contributed by atoms with E-state index in [1.54, 1.807) is 4.68 Å². The first-order valence-corrected chi connectivity index (χ1v) is 9.41. The maximum atomic E-state index is 12.9. The Hall–Kier alpha value is -2.34. The predicted octanol–water partition coefficient (Wildman–Crippen LogP) is 3.61. The summed E-state index contributed by atoms with van der Waals surface area (Å²) in [5.74, 6) is 0. The van der Waals surface area contributed by atoms with E-state index in [2.05, 4.69) is 10.4 Å². The lowest BCUT2D eigenvalue weighted by Gasteiger charge is -2.45. The fourth-order valence-corrected chi connectivity index (χ4v) is 4.12. The van der Waals surface area contributed by atoms with E-state index in [1.165, 1.54) is 6.42 Å². The fraction of sp³-hybridized carbons (Fsp3) is 0.500. The van der Waals surface area contributed by atoms with Crippen LogP contribution in [0.15, 0.2) is 36.5 Å². The van der Waals surface area contributed by atoms with Gasteiger partial charge in [-0.15, -0.1) is 0 Å². The van der Waals surface area contributed by atoms with Crippen LogP contribution in [-0.4, -0.2) is 47.0 Å². The molecule has 3 heterocycles. The van der Waals surface area contributed by atoms with Crippen LogP contribution in [0.1, 0.15) is 31.4 Å². The van der Waals surface area contributed by atoms with Crippen molar-refractivity contribution in [3.8, 4) is 5.69 Å². The van der Waals surface area contributed by atoms with Crippen LogP contribution in [0.4, 0.5) is 10.5 Å². The number of carbonyl (C=O) groups is 1. The summed E-state index contributed by atoms with van der Waals surface area (Å²) in [7, 11) is 0. The Balaban J connectivity index is 1.50. The number of nitrogens with one attached hydrogen (secondary N) is 1. The number of amides is 2. The number of para-hydroxylation sites is 2. The molecule has 2 aromatic rings. The molecule has 6 heteroatoms. The first kappa shape index (κ1) is 17.1. The number of carbonyl (C=O) groups excluding carboxylic acids is 1. The Morgan fingerprint density at radius 2 is 2.00 bits per heavy atom. The van der Waals surface area contributed by atoms with Crippen LogP contribution in [0.3, 0.4) is 0 Å². The second kappa shape index (κ2) is 7.11. The standard InChI is InChI=1S/C20H26N4O2/c1-16-7-12-24(22-16)18-6-3-2-5-17(18)21-19(25)23-11-4-8-20(15-23)9-13-26-14-10-20/h2-3,5-7,12H,4,8-11,13-15H2,1H3,(H,21,25). The summed E-state index contributed by atoms with van der Waals surface area (Å²) >= 11 is 0. The van der Waals surface area contributed by atoms with Gasteiger partial charge >= 0.3 is 6.03 Å². The molecule has 138 valence electrons. The maximum Gasteiger partial charge on any atom is 0.321 e. The van der Waals surface area contributed by atoms with E-state index in [4.69, 9.17) is 4.74 Å². The molecule has 1 N–H and O–H groups in total. The number of nitrogens with zero attached hydrogens (tertiary/aromatic N) is 3. The molecule has 2 fully saturated rings. The number of likely N-dealkylation sites (tertiary alicyclic amines) is 1. The highest BCUT2D eigenvalue weighted by Gasteiger charge is 2.38. The Morgan fingerprint density at radius 1 is 1.19 bits per heavy atom. The number of anilines is 1. The van der Waals surface area contributed by atoms with E-state index in [-0.39, 0.29) is 11.4 Å². The Labute approximate surface area is 154 Å². The van der Waals surface area contributed by atoms with Crippen LogP contribution in [-0.2, 0) is 4.74 Å². The van der Waals surface area contributed by atoms with Crippen LogP contribution < -0.4 is 5.32 Å². The molecule has 0 radical (unpaired) electrons. The number of aromatic nitrogens is 2. The molecule has 0 bridgehead atoms. The van der Waals surface area contributed by atoms with Crippen LogP contribution >= 0.6 is 0 Å². The highest BCUT2D eigenvalue weighted by atomic mass is 16.5. The van der Waals surface area contributed by atoms with Gasteiger partial charge < -0.3 is 15.0 Å². The molecule has 2 amide bonds. The summed E-state index contributed by atoms with van der Waals surface area (Å²) in [4.78, 5) is 14.9. The molecule has 2 aliphatic rings. The molecular weight excluding hydrogens is 328 g/mol. The summed E-state index contributed by atoms with van der Waals surface area (Å²) in [5.41, 5.74) is 2.86. The molecule has 4 rings (SSSR count). The van der Waals surface area contributed by atoms with Gasteiger partial charge in [0.1, 0.15) is 0 Å². The van der Waals surface area contributed by atoms with Crippen LogP contribution in [0.2, 0.25) is 0 Å². The third-order valence-corrected chi connectivity index (χ3v) is 5.62. The van der Waals surface area contributed by atoms with E-state index in [0.717, 1.165) is 62.6 Å². The lowest BCUT2D eigenvalue weighted by atomic mass is 9.74. The number of aryl methyl sites for hydroxylation is 1. The number of rotatable bonds is 2. The van der Waals surface area contributed by atoms with Crippen molar-refractivity contribution >= 4 is 11.7 Å². The normalized spacial score (nSPS) is 19.5. The van der Waals surface area contributed by atoms with E-state index in [9.17, 15) is 4.79 Å². The van der Waals surface area contributed by atoms with Crippen molar-refractivity contribution in [2.75, 3.05) is 31.6 Å². The van der Waals surface area contributed by atoms with E-state index >= 15 is 0 Å². The molecule has 26 heavy (non-hydrogen) atoms. The molecular formula is C20H26N4O2. The van der Waals surface area contributed by atoms with Gasteiger partial charge in [-0.05, 0) is 56.2 Å². The lowest BCUT2D eigenvalue weighted by Crippen LogP contribution is -2.49. The van der Waals surface area contributed by atoms with Gasteiger partial charge in [-0.3, -0.25) is 0 Å². The third kappa shape index (κ3) is 3.46. The number of urea groups is 1. The average Bonchev–Trinajstić information content (AvgIpc) is 3.09. The quantitative estimate of drug-likeness (QED) is 0.896. The van der Waals surface area contributed by atoms with Gasteiger partial charge in [-0.25, -0.2) is 9.48 Å². The highest BCUT2D eigenvalue weighted by Crippen LogP contribution is 2.39. The molecule has 2 aliphatic heterocycles. The second-order valence-electron chi connectivity index (χ2n) is 7.49. The van der Waals surface area contributed by atoms with Crippen molar-refractivity contribution in [2.24, 2.45) is 5.41 Å². The fourth-order valence-electron chi connectivity index (χ4n) is 4.12. The van der Waals surface area contributed by atoms with Gasteiger partial charge in [0.15, 0.2) is 0 Å². The van der Waals surface area contributed by atoms with Crippen LogP contribution in [0, 0.1) is 12.3 Å². The largest absolute Gasteiger partial charge is 0.381 e. The molecule has 1 aromatic heterocycles. The van der Waals surface area contributed by atoms with Crippen LogP contribution in [0.5, 0.6) is 0 Å². The summed E-state index contributed by atoms with van der Waals surface area (Å²) < 4.78 is 7.33. The van der Waals surface area contributed by atoms with Crippen molar-refractivity contribution < 1.29 is 9.53 Å². The Kier molecular flexibility index (Phi) is 4.68. The first-order valence-electron chi connectivity index (χ1n) is 9.41. The molecule has 6 nitrogen and oxygen atoms in total. The van der Waals surface area contributed by atoms with Gasteiger partial charge in [0.05, 0.1) is 17.1 Å². The van der Waals surface area contributed by atoms with E-state index in [0.29, 0.717) is 0 Å². The van der Waals surface area contributed by atoms with Crippen molar-refractivity contribution in [3.63, 3.8) is 0 Å². The molecule has 2 saturated heterocycles. The Morgan fingerprint density at radius 3 is 2.77 bits per heavy atom.